The molecule has 0 saturated heterocycles. The minimum atomic E-state index is -0.127. The van der Waals surface area contributed by atoms with Gasteiger partial charge in [0.05, 0.1) is 17.3 Å². The van der Waals surface area contributed by atoms with Crippen molar-refractivity contribution in [2.75, 3.05) is 0 Å². The van der Waals surface area contributed by atoms with E-state index in [9.17, 15) is 0 Å². The Balaban J connectivity index is 1.99. The summed E-state index contributed by atoms with van der Waals surface area (Å²) in [6, 6.07) is 5.73. The number of hydrogen-bond acceptors (Lipinski definition) is 4. The summed E-state index contributed by atoms with van der Waals surface area (Å²) < 4.78 is 3.50. The van der Waals surface area contributed by atoms with Crippen LogP contribution >= 0.6 is 11.6 Å². The highest BCUT2D eigenvalue weighted by atomic mass is 35.5. The summed E-state index contributed by atoms with van der Waals surface area (Å²) in [5, 5.41) is 10.6. The molecule has 0 aliphatic rings. The predicted octanol–water partition coefficient (Wildman–Crippen LogP) is 3.72. The number of aryl methyl sites for hydroxylation is 1. The Hall–Kier alpha value is -2.47. The van der Waals surface area contributed by atoms with E-state index in [0.717, 1.165) is 33.8 Å². The second kappa shape index (κ2) is 5.01. The van der Waals surface area contributed by atoms with Crippen molar-refractivity contribution in [2.45, 2.75) is 33.1 Å². The highest BCUT2D eigenvalue weighted by Gasteiger charge is 2.21. The zero-order valence-electron chi connectivity index (χ0n) is 13.9. The monoisotopic (exact) mass is 340 g/mol. The lowest BCUT2D eigenvalue weighted by Crippen LogP contribution is -2.13. The lowest BCUT2D eigenvalue weighted by atomic mass is 9.96. The van der Waals surface area contributed by atoms with E-state index in [2.05, 4.69) is 36.0 Å². The van der Waals surface area contributed by atoms with Crippen molar-refractivity contribution in [2.24, 2.45) is 0 Å². The van der Waals surface area contributed by atoms with Crippen LogP contribution in [0.1, 0.15) is 32.2 Å². The zero-order chi connectivity index (χ0) is 17.1. The van der Waals surface area contributed by atoms with E-state index in [1.807, 2.05) is 25.1 Å². The van der Waals surface area contributed by atoms with Gasteiger partial charge in [0.15, 0.2) is 17.1 Å². The molecule has 0 fully saturated rings. The Morgan fingerprint density at radius 1 is 1.12 bits per heavy atom. The maximum atomic E-state index is 6.15. The lowest BCUT2D eigenvalue weighted by Gasteiger charge is -2.11. The minimum Gasteiger partial charge on any atom is -0.216 e. The Morgan fingerprint density at radius 3 is 2.67 bits per heavy atom. The summed E-state index contributed by atoms with van der Waals surface area (Å²) in [6.07, 6.45) is 3.46. The molecule has 7 heteroatoms. The van der Waals surface area contributed by atoms with Crippen molar-refractivity contribution >= 4 is 28.3 Å². The molecular formula is C17H17ClN6. The highest BCUT2D eigenvalue weighted by molar-refractivity contribution is 6.30. The van der Waals surface area contributed by atoms with Crippen molar-refractivity contribution in [1.29, 1.82) is 0 Å². The maximum absolute atomic E-state index is 6.15. The molecule has 0 spiro atoms. The molecule has 1 aromatic carbocycles. The fourth-order valence-electron chi connectivity index (χ4n) is 2.63. The van der Waals surface area contributed by atoms with Crippen LogP contribution in [0.5, 0.6) is 0 Å². The quantitative estimate of drug-likeness (QED) is 0.530. The topological polar surface area (TPSA) is 60.9 Å². The average molecular weight is 341 g/mol. The molecule has 0 aliphatic heterocycles. The van der Waals surface area contributed by atoms with Crippen LogP contribution in [0, 0.1) is 6.92 Å². The van der Waals surface area contributed by atoms with Crippen LogP contribution in [0.2, 0.25) is 5.02 Å². The first-order chi connectivity index (χ1) is 11.3. The van der Waals surface area contributed by atoms with Crippen LogP contribution in [0.4, 0.5) is 0 Å². The number of aromatic nitrogens is 6. The molecule has 6 nitrogen and oxygen atoms in total. The van der Waals surface area contributed by atoms with E-state index in [0.29, 0.717) is 5.02 Å². The van der Waals surface area contributed by atoms with Crippen molar-refractivity contribution in [3.8, 4) is 5.69 Å². The molecule has 4 rings (SSSR count). The van der Waals surface area contributed by atoms with Gasteiger partial charge in [0.2, 0.25) is 0 Å². The average Bonchev–Trinajstić information content (AvgIpc) is 3.12. The van der Waals surface area contributed by atoms with Gasteiger partial charge in [0.25, 0.3) is 0 Å². The molecule has 0 saturated carbocycles. The molecule has 24 heavy (non-hydrogen) atoms. The van der Waals surface area contributed by atoms with E-state index < -0.39 is 0 Å². The fourth-order valence-corrected chi connectivity index (χ4v) is 2.79. The normalized spacial score (nSPS) is 12.4. The van der Waals surface area contributed by atoms with Gasteiger partial charge < -0.3 is 0 Å². The van der Waals surface area contributed by atoms with Gasteiger partial charge in [-0.3, -0.25) is 0 Å². The first-order valence-electron chi connectivity index (χ1n) is 7.71. The van der Waals surface area contributed by atoms with Crippen molar-refractivity contribution < 1.29 is 0 Å². The van der Waals surface area contributed by atoms with Crippen LogP contribution < -0.4 is 0 Å². The van der Waals surface area contributed by atoms with Crippen molar-refractivity contribution in [1.82, 2.24) is 29.4 Å². The molecule has 122 valence electrons. The Kier molecular flexibility index (Phi) is 3.15. The molecule has 0 N–H and O–H groups in total. The smallest absolute Gasteiger partial charge is 0.170 e. The summed E-state index contributed by atoms with van der Waals surface area (Å²) in [6.45, 7) is 8.29. The molecular weight excluding hydrogens is 324 g/mol. The van der Waals surface area contributed by atoms with Crippen LogP contribution in [-0.4, -0.2) is 29.4 Å². The van der Waals surface area contributed by atoms with Crippen LogP contribution in [0.3, 0.4) is 0 Å². The first-order valence-corrected chi connectivity index (χ1v) is 8.08. The van der Waals surface area contributed by atoms with E-state index in [-0.39, 0.29) is 5.41 Å². The van der Waals surface area contributed by atoms with Gasteiger partial charge in [-0.2, -0.15) is 5.10 Å². The molecule has 3 heterocycles. The number of nitrogens with zero attached hydrogens (tertiary/aromatic N) is 6. The highest BCUT2D eigenvalue weighted by Crippen LogP contribution is 2.25. The lowest BCUT2D eigenvalue weighted by molar-refractivity contribution is 0.545. The number of halogens is 1. The van der Waals surface area contributed by atoms with Gasteiger partial charge in [-0.15, -0.1) is 5.10 Å². The fraction of sp³-hybridized carbons (Fsp3) is 0.294. The van der Waals surface area contributed by atoms with E-state index in [1.165, 1.54) is 0 Å². The van der Waals surface area contributed by atoms with Crippen molar-refractivity contribution in [3.05, 3.63) is 47.1 Å². The second-order valence-electron chi connectivity index (χ2n) is 6.92. The maximum Gasteiger partial charge on any atom is 0.170 e. The second-order valence-corrected chi connectivity index (χ2v) is 7.36. The molecule has 0 bridgehead atoms. The SMILES string of the molecule is Cc1ccc(Cl)cc1-n1ncc2c1ncn1nc(C(C)(C)C)nc21. The molecule has 0 aliphatic carbocycles. The van der Waals surface area contributed by atoms with E-state index >= 15 is 0 Å². The third kappa shape index (κ3) is 2.26. The molecule has 0 amide bonds. The summed E-state index contributed by atoms with van der Waals surface area (Å²) in [4.78, 5) is 9.22. The molecule has 0 atom stereocenters. The van der Waals surface area contributed by atoms with Crippen molar-refractivity contribution in [3.63, 3.8) is 0 Å². The van der Waals surface area contributed by atoms with Gasteiger partial charge >= 0.3 is 0 Å². The van der Waals surface area contributed by atoms with Gasteiger partial charge in [-0.25, -0.2) is 19.2 Å². The molecule has 0 unspecified atom stereocenters. The third-order valence-electron chi connectivity index (χ3n) is 3.98. The summed E-state index contributed by atoms with van der Waals surface area (Å²) in [5.74, 6) is 0.781. The third-order valence-corrected chi connectivity index (χ3v) is 4.21. The van der Waals surface area contributed by atoms with Gasteiger partial charge in [0.1, 0.15) is 6.33 Å². The van der Waals surface area contributed by atoms with Crippen LogP contribution in [0.15, 0.2) is 30.7 Å². The molecule has 0 radical (unpaired) electrons. The Bertz CT molecular complexity index is 1070. The summed E-state index contributed by atoms with van der Waals surface area (Å²) in [7, 11) is 0. The predicted molar refractivity (Wildman–Crippen MR) is 93.9 cm³/mol. The number of hydrogen-bond donors (Lipinski definition) is 0. The van der Waals surface area contributed by atoms with Crippen LogP contribution in [0.25, 0.3) is 22.4 Å². The van der Waals surface area contributed by atoms with Gasteiger partial charge in [-0.1, -0.05) is 38.4 Å². The van der Waals surface area contributed by atoms with Crippen LogP contribution in [-0.2, 0) is 5.41 Å². The first kappa shape index (κ1) is 15.1. The van der Waals surface area contributed by atoms with E-state index in [1.54, 1.807) is 21.7 Å². The Labute approximate surface area is 144 Å². The standard InChI is InChI=1S/C17H17ClN6/c1-10-5-6-11(18)7-13(10)24-14-12(8-20-24)15-21-16(17(2,3)4)22-23(15)9-19-14/h5-9H,1-4H3. The Morgan fingerprint density at radius 2 is 1.92 bits per heavy atom. The summed E-state index contributed by atoms with van der Waals surface area (Å²) in [5.41, 5.74) is 3.35. The van der Waals surface area contributed by atoms with Gasteiger partial charge in [0, 0.05) is 10.4 Å². The molecule has 4 aromatic rings. The number of fused-ring (bicyclic) bond motifs is 3. The molecule has 3 aromatic heterocycles. The van der Waals surface area contributed by atoms with Gasteiger partial charge in [-0.05, 0) is 24.6 Å². The number of rotatable bonds is 1. The summed E-state index contributed by atoms with van der Waals surface area (Å²) >= 11 is 6.15. The number of benzene rings is 1. The van der Waals surface area contributed by atoms with E-state index in [4.69, 9.17) is 16.6 Å². The largest absolute Gasteiger partial charge is 0.216 e. The zero-order valence-corrected chi connectivity index (χ0v) is 14.7. The minimum absolute atomic E-state index is 0.127.